The summed E-state index contributed by atoms with van der Waals surface area (Å²) in [5.41, 5.74) is 3.03. The molecule has 124 valence electrons. The Labute approximate surface area is 143 Å². The lowest BCUT2D eigenvalue weighted by Gasteiger charge is -2.28. The zero-order chi connectivity index (χ0) is 17.1. The van der Waals surface area contributed by atoms with Crippen LogP contribution >= 0.6 is 0 Å². The maximum atomic E-state index is 13.3. The first-order valence-electron chi connectivity index (χ1n) is 8.50. The predicted octanol–water partition coefficient (Wildman–Crippen LogP) is 4.62. The van der Waals surface area contributed by atoms with Crippen LogP contribution in [0.25, 0.3) is 10.9 Å². The standard InChI is InChI=1S/C21H24N2O/c1-4-16(2)23(14-17-10-6-5-7-11-17)21(24)19-15-22(3)20-13-9-8-12-18(19)20/h5-13,15-16H,4,14H2,1-3H3. The van der Waals surface area contributed by atoms with Crippen LogP contribution in [0.4, 0.5) is 0 Å². The SMILES string of the molecule is CCC(C)N(Cc1ccccc1)C(=O)c1cn(C)c2ccccc12. The van der Waals surface area contributed by atoms with Crippen molar-refractivity contribution in [3.05, 3.63) is 71.9 Å². The van der Waals surface area contributed by atoms with Crippen LogP contribution in [0.5, 0.6) is 0 Å². The van der Waals surface area contributed by atoms with Crippen molar-refractivity contribution in [2.75, 3.05) is 0 Å². The maximum Gasteiger partial charge on any atom is 0.256 e. The molecule has 0 aliphatic heterocycles. The summed E-state index contributed by atoms with van der Waals surface area (Å²) in [5, 5.41) is 1.02. The molecule has 0 radical (unpaired) electrons. The number of hydrogen-bond acceptors (Lipinski definition) is 1. The van der Waals surface area contributed by atoms with Crippen molar-refractivity contribution in [1.82, 2.24) is 9.47 Å². The van der Waals surface area contributed by atoms with E-state index in [0.717, 1.165) is 28.5 Å². The summed E-state index contributed by atoms with van der Waals surface area (Å²) in [4.78, 5) is 15.3. The normalized spacial score (nSPS) is 12.3. The average Bonchev–Trinajstić information content (AvgIpc) is 2.96. The number of amides is 1. The third kappa shape index (κ3) is 3.07. The summed E-state index contributed by atoms with van der Waals surface area (Å²) in [6.07, 6.45) is 2.89. The van der Waals surface area contributed by atoms with Crippen molar-refractivity contribution in [3.8, 4) is 0 Å². The van der Waals surface area contributed by atoms with Gasteiger partial charge in [0.15, 0.2) is 0 Å². The molecule has 3 heteroatoms. The summed E-state index contributed by atoms with van der Waals surface area (Å²) >= 11 is 0. The summed E-state index contributed by atoms with van der Waals surface area (Å²) in [6.45, 7) is 4.88. The maximum absolute atomic E-state index is 13.3. The summed E-state index contributed by atoms with van der Waals surface area (Å²) in [7, 11) is 1.99. The van der Waals surface area contributed by atoms with Gasteiger partial charge < -0.3 is 9.47 Å². The number of aryl methyl sites for hydroxylation is 1. The van der Waals surface area contributed by atoms with Crippen LogP contribution in [-0.2, 0) is 13.6 Å². The van der Waals surface area contributed by atoms with Crippen LogP contribution in [0.3, 0.4) is 0 Å². The summed E-state index contributed by atoms with van der Waals surface area (Å²) in [6, 6.07) is 18.5. The van der Waals surface area contributed by atoms with Gasteiger partial charge in [-0.2, -0.15) is 0 Å². The number of nitrogens with zero attached hydrogens (tertiary/aromatic N) is 2. The molecule has 1 atom stereocenters. The van der Waals surface area contributed by atoms with E-state index in [-0.39, 0.29) is 11.9 Å². The van der Waals surface area contributed by atoms with E-state index in [4.69, 9.17) is 0 Å². The minimum Gasteiger partial charge on any atom is -0.350 e. The highest BCUT2D eigenvalue weighted by Gasteiger charge is 2.23. The Morgan fingerprint density at radius 3 is 2.46 bits per heavy atom. The predicted molar refractivity (Wildman–Crippen MR) is 99.0 cm³/mol. The molecule has 2 aromatic carbocycles. The van der Waals surface area contributed by atoms with Gasteiger partial charge in [-0.25, -0.2) is 0 Å². The zero-order valence-corrected chi connectivity index (χ0v) is 14.6. The molecule has 1 amide bonds. The number of aromatic nitrogens is 1. The van der Waals surface area contributed by atoms with E-state index in [9.17, 15) is 4.79 Å². The van der Waals surface area contributed by atoms with Gasteiger partial charge in [0.2, 0.25) is 0 Å². The molecular formula is C21H24N2O. The molecule has 0 saturated heterocycles. The van der Waals surface area contributed by atoms with E-state index in [2.05, 4.69) is 32.0 Å². The topological polar surface area (TPSA) is 25.2 Å². The lowest BCUT2D eigenvalue weighted by atomic mass is 10.1. The minimum atomic E-state index is 0.102. The van der Waals surface area contributed by atoms with Crippen LogP contribution in [0.15, 0.2) is 60.8 Å². The van der Waals surface area contributed by atoms with Gasteiger partial charge in [0.1, 0.15) is 0 Å². The van der Waals surface area contributed by atoms with Crippen molar-refractivity contribution >= 4 is 16.8 Å². The number of rotatable bonds is 5. The largest absolute Gasteiger partial charge is 0.350 e. The average molecular weight is 320 g/mol. The fraction of sp³-hybridized carbons (Fsp3) is 0.286. The molecule has 1 heterocycles. The number of carbonyl (C=O) groups is 1. The fourth-order valence-electron chi connectivity index (χ4n) is 3.10. The summed E-state index contributed by atoms with van der Waals surface area (Å²) < 4.78 is 2.03. The van der Waals surface area contributed by atoms with Crippen molar-refractivity contribution in [2.24, 2.45) is 7.05 Å². The number of fused-ring (bicyclic) bond motifs is 1. The second kappa shape index (κ2) is 6.91. The Morgan fingerprint density at radius 2 is 1.75 bits per heavy atom. The molecule has 0 bridgehead atoms. The van der Waals surface area contributed by atoms with E-state index in [1.807, 2.05) is 59.1 Å². The number of para-hydroxylation sites is 1. The van der Waals surface area contributed by atoms with Gasteiger partial charge in [0, 0.05) is 36.7 Å². The molecule has 0 N–H and O–H groups in total. The molecule has 1 unspecified atom stereocenters. The Bertz CT molecular complexity index is 835. The van der Waals surface area contributed by atoms with Crippen LogP contribution in [0.1, 0.15) is 36.2 Å². The Balaban J connectivity index is 1.99. The quantitative estimate of drug-likeness (QED) is 0.673. The Morgan fingerprint density at radius 1 is 1.08 bits per heavy atom. The fourth-order valence-corrected chi connectivity index (χ4v) is 3.10. The molecule has 0 aliphatic carbocycles. The molecule has 0 spiro atoms. The van der Waals surface area contributed by atoms with Gasteiger partial charge in [-0.05, 0) is 25.0 Å². The molecule has 24 heavy (non-hydrogen) atoms. The number of benzene rings is 2. The van der Waals surface area contributed by atoms with Crippen molar-refractivity contribution in [3.63, 3.8) is 0 Å². The molecule has 0 aliphatic rings. The van der Waals surface area contributed by atoms with Gasteiger partial charge in [0.05, 0.1) is 5.56 Å². The van der Waals surface area contributed by atoms with Crippen LogP contribution < -0.4 is 0 Å². The van der Waals surface area contributed by atoms with E-state index < -0.39 is 0 Å². The number of hydrogen-bond donors (Lipinski definition) is 0. The lowest BCUT2D eigenvalue weighted by molar-refractivity contribution is 0.0673. The van der Waals surface area contributed by atoms with Crippen LogP contribution in [0.2, 0.25) is 0 Å². The first kappa shape index (κ1) is 16.3. The third-order valence-corrected chi connectivity index (χ3v) is 4.71. The van der Waals surface area contributed by atoms with E-state index in [0.29, 0.717) is 6.54 Å². The van der Waals surface area contributed by atoms with Crippen molar-refractivity contribution in [1.29, 1.82) is 0 Å². The summed E-state index contributed by atoms with van der Waals surface area (Å²) in [5.74, 6) is 0.102. The first-order chi connectivity index (χ1) is 11.6. The monoisotopic (exact) mass is 320 g/mol. The van der Waals surface area contributed by atoms with Crippen LogP contribution in [0, 0.1) is 0 Å². The highest BCUT2D eigenvalue weighted by molar-refractivity contribution is 6.07. The first-order valence-corrected chi connectivity index (χ1v) is 8.50. The molecular weight excluding hydrogens is 296 g/mol. The smallest absolute Gasteiger partial charge is 0.256 e. The molecule has 3 aromatic rings. The second-order valence-electron chi connectivity index (χ2n) is 6.35. The minimum absolute atomic E-state index is 0.102. The molecule has 1 aromatic heterocycles. The van der Waals surface area contributed by atoms with Crippen molar-refractivity contribution < 1.29 is 4.79 Å². The highest BCUT2D eigenvalue weighted by atomic mass is 16.2. The molecule has 0 fully saturated rings. The van der Waals surface area contributed by atoms with Gasteiger partial charge in [-0.15, -0.1) is 0 Å². The van der Waals surface area contributed by atoms with Gasteiger partial charge >= 0.3 is 0 Å². The van der Waals surface area contributed by atoms with Gasteiger partial charge in [-0.1, -0.05) is 55.5 Å². The number of carbonyl (C=O) groups excluding carboxylic acids is 1. The lowest BCUT2D eigenvalue weighted by Crippen LogP contribution is -2.37. The third-order valence-electron chi connectivity index (χ3n) is 4.71. The Hall–Kier alpha value is -2.55. The highest BCUT2D eigenvalue weighted by Crippen LogP contribution is 2.24. The van der Waals surface area contributed by atoms with Crippen molar-refractivity contribution in [2.45, 2.75) is 32.9 Å². The van der Waals surface area contributed by atoms with E-state index in [1.165, 1.54) is 0 Å². The van der Waals surface area contributed by atoms with Gasteiger partial charge in [0.25, 0.3) is 5.91 Å². The van der Waals surface area contributed by atoms with Crippen LogP contribution in [-0.4, -0.2) is 21.4 Å². The zero-order valence-electron chi connectivity index (χ0n) is 14.6. The molecule has 0 saturated carbocycles. The van der Waals surface area contributed by atoms with E-state index in [1.54, 1.807) is 0 Å². The Kier molecular flexibility index (Phi) is 4.70. The second-order valence-corrected chi connectivity index (χ2v) is 6.35. The van der Waals surface area contributed by atoms with Gasteiger partial charge in [-0.3, -0.25) is 4.79 Å². The molecule has 3 rings (SSSR count). The molecule has 3 nitrogen and oxygen atoms in total. The van der Waals surface area contributed by atoms with E-state index >= 15 is 0 Å².